The third kappa shape index (κ3) is 2.93. The van der Waals surface area contributed by atoms with Crippen molar-refractivity contribution in [1.82, 2.24) is 0 Å². The van der Waals surface area contributed by atoms with Crippen LogP contribution in [0.5, 0.6) is 5.75 Å². The highest BCUT2D eigenvalue weighted by atomic mass is 35.5. The second kappa shape index (κ2) is 5.88. The van der Waals surface area contributed by atoms with Crippen LogP contribution in [0.15, 0.2) is 53.3 Å². The quantitative estimate of drug-likeness (QED) is 0.658. The van der Waals surface area contributed by atoms with Gasteiger partial charge in [-0.25, -0.2) is 8.42 Å². The Morgan fingerprint density at radius 1 is 1.17 bits per heavy atom. The van der Waals surface area contributed by atoms with Crippen molar-refractivity contribution < 1.29 is 13.5 Å². The molecule has 0 bridgehead atoms. The van der Waals surface area contributed by atoms with Crippen LogP contribution in [0.2, 0.25) is 5.02 Å². The third-order valence-electron chi connectivity index (χ3n) is 3.28. The molecular weight excluding hydrogens is 354 g/mol. The largest absolute Gasteiger partial charge is 0.506 e. The van der Waals surface area contributed by atoms with E-state index in [2.05, 4.69) is 11.3 Å². The van der Waals surface area contributed by atoms with Crippen molar-refractivity contribution in [1.29, 1.82) is 0 Å². The zero-order valence-corrected chi connectivity index (χ0v) is 14.2. The van der Waals surface area contributed by atoms with E-state index in [0.29, 0.717) is 16.5 Å². The number of hydrogen-bond donors (Lipinski definition) is 2. The van der Waals surface area contributed by atoms with Gasteiger partial charge in [0.15, 0.2) is 0 Å². The fourth-order valence-corrected chi connectivity index (χ4v) is 4.65. The Balaban J connectivity index is 2.11. The van der Waals surface area contributed by atoms with E-state index < -0.39 is 10.0 Å². The molecule has 0 atom stereocenters. The lowest BCUT2D eigenvalue weighted by atomic mass is 10.1. The summed E-state index contributed by atoms with van der Waals surface area (Å²) in [6.45, 7) is 3.62. The fourth-order valence-electron chi connectivity index (χ4n) is 2.19. The maximum atomic E-state index is 12.5. The van der Waals surface area contributed by atoms with Gasteiger partial charge in [-0.15, -0.1) is 11.3 Å². The second-order valence-electron chi connectivity index (χ2n) is 4.77. The normalized spacial score (nSPS) is 11.5. The predicted molar refractivity (Wildman–Crippen MR) is 95.8 cm³/mol. The summed E-state index contributed by atoms with van der Waals surface area (Å²) >= 11 is 7.12. The Morgan fingerprint density at radius 2 is 1.87 bits per heavy atom. The Kier molecular flexibility index (Phi) is 4.06. The third-order valence-corrected chi connectivity index (χ3v) is 6.51. The monoisotopic (exact) mass is 365 g/mol. The summed E-state index contributed by atoms with van der Waals surface area (Å²) in [6.07, 6.45) is 1.59. The minimum Gasteiger partial charge on any atom is -0.506 e. The number of fused-ring (bicyclic) bond motifs is 1. The molecule has 0 radical (unpaired) electrons. The van der Waals surface area contributed by atoms with Crippen LogP contribution in [0.1, 0.15) is 4.88 Å². The lowest BCUT2D eigenvalue weighted by Gasteiger charge is -2.12. The van der Waals surface area contributed by atoms with Crippen LogP contribution >= 0.6 is 22.9 Å². The van der Waals surface area contributed by atoms with Gasteiger partial charge in [0.2, 0.25) is 0 Å². The van der Waals surface area contributed by atoms with Crippen molar-refractivity contribution >= 4 is 55.5 Å². The predicted octanol–water partition coefficient (Wildman–Crippen LogP) is 4.70. The van der Waals surface area contributed by atoms with Gasteiger partial charge in [0.1, 0.15) is 9.96 Å². The highest BCUT2D eigenvalue weighted by Crippen LogP contribution is 2.38. The van der Waals surface area contributed by atoms with Crippen LogP contribution < -0.4 is 4.72 Å². The molecule has 0 aliphatic carbocycles. The molecule has 0 spiro atoms. The van der Waals surface area contributed by atoms with Gasteiger partial charge >= 0.3 is 0 Å². The zero-order valence-electron chi connectivity index (χ0n) is 11.8. The summed E-state index contributed by atoms with van der Waals surface area (Å²) in [7, 11) is -3.74. The summed E-state index contributed by atoms with van der Waals surface area (Å²) in [4.78, 5) is 0.763. The summed E-state index contributed by atoms with van der Waals surface area (Å²) in [5.41, 5.74) is 0.317. The first-order valence-electron chi connectivity index (χ1n) is 6.57. The minimum atomic E-state index is -3.74. The van der Waals surface area contributed by atoms with Crippen molar-refractivity contribution in [2.45, 2.75) is 4.21 Å². The number of rotatable bonds is 4. The number of nitrogens with one attached hydrogen (secondary N) is 1. The van der Waals surface area contributed by atoms with Crippen LogP contribution in [0.25, 0.3) is 16.8 Å². The van der Waals surface area contributed by atoms with Crippen molar-refractivity contribution in [3.05, 3.63) is 58.9 Å². The number of halogens is 1. The van der Waals surface area contributed by atoms with Gasteiger partial charge < -0.3 is 5.11 Å². The minimum absolute atomic E-state index is 0.0738. The second-order valence-corrected chi connectivity index (χ2v) is 8.20. The van der Waals surface area contributed by atoms with Crippen molar-refractivity contribution in [2.75, 3.05) is 4.72 Å². The lowest BCUT2D eigenvalue weighted by molar-refractivity contribution is 0.482. The molecule has 2 aromatic carbocycles. The molecule has 3 aromatic rings. The molecule has 3 rings (SSSR count). The average molecular weight is 366 g/mol. The molecule has 118 valence electrons. The SMILES string of the molecule is C=Cc1ccc(S(=O)(=O)Nc2cc(Cl)c(O)c3ccccc23)s1. The first-order valence-corrected chi connectivity index (χ1v) is 9.25. The molecule has 23 heavy (non-hydrogen) atoms. The number of thiophene rings is 1. The van der Waals surface area contributed by atoms with Gasteiger partial charge in [-0.3, -0.25) is 4.72 Å². The molecular formula is C16H12ClNO3S2. The molecule has 0 aliphatic heterocycles. The Bertz CT molecular complexity index is 1010. The van der Waals surface area contributed by atoms with E-state index >= 15 is 0 Å². The number of sulfonamides is 1. The number of phenols is 1. The van der Waals surface area contributed by atoms with E-state index in [-0.39, 0.29) is 15.0 Å². The summed E-state index contributed by atoms with van der Waals surface area (Å²) < 4.78 is 27.8. The van der Waals surface area contributed by atoms with Gasteiger partial charge in [0.25, 0.3) is 10.0 Å². The summed E-state index contributed by atoms with van der Waals surface area (Å²) in [5, 5.41) is 11.1. The number of phenolic OH excluding ortho intramolecular Hbond substituents is 1. The smallest absolute Gasteiger partial charge is 0.271 e. The van der Waals surface area contributed by atoms with Crippen LogP contribution in [0.3, 0.4) is 0 Å². The number of anilines is 1. The van der Waals surface area contributed by atoms with Gasteiger partial charge in [0, 0.05) is 15.6 Å². The Labute approximate surface area is 142 Å². The van der Waals surface area contributed by atoms with Crippen molar-refractivity contribution in [2.24, 2.45) is 0 Å². The molecule has 0 saturated carbocycles. The van der Waals surface area contributed by atoms with Crippen LogP contribution in [-0.2, 0) is 10.0 Å². The van der Waals surface area contributed by atoms with Crippen molar-refractivity contribution in [3.8, 4) is 5.75 Å². The Morgan fingerprint density at radius 3 is 2.52 bits per heavy atom. The highest BCUT2D eigenvalue weighted by molar-refractivity contribution is 7.94. The van der Waals surface area contributed by atoms with E-state index in [1.807, 2.05) is 0 Å². The molecule has 0 aliphatic rings. The number of hydrogen-bond acceptors (Lipinski definition) is 4. The highest BCUT2D eigenvalue weighted by Gasteiger charge is 2.19. The average Bonchev–Trinajstić information content (AvgIpc) is 3.02. The van der Waals surface area contributed by atoms with Crippen LogP contribution in [-0.4, -0.2) is 13.5 Å². The maximum absolute atomic E-state index is 12.5. The molecule has 2 N–H and O–H groups in total. The molecule has 0 saturated heterocycles. The van der Waals surface area contributed by atoms with Gasteiger partial charge in [-0.2, -0.15) is 0 Å². The first-order chi connectivity index (χ1) is 10.9. The maximum Gasteiger partial charge on any atom is 0.271 e. The van der Waals surface area contributed by atoms with E-state index in [9.17, 15) is 13.5 Å². The van der Waals surface area contributed by atoms with Crippen LogP contribution in [0.4, 0.5) is 5.69 Å². The molecule has 1 heterocycles. The summed E-state index contributed by atoms with van der Waals surface area (Å²) in [5.74, 6) is -0.0738. The molecule has 0 amide bonds. The topological polar surface area (TPSA) is 66.4 Å². The van der Waals surface area contributed by atoms with E-state index in [0.717, 1.165) is 16.2 Å². The lowest BCUT2D eigenvalue weighted by Crippen LogP contribution is -2.11. The number of aromatic hydroxyl groups is 1. The fraction of sp³-hybridized carbons (Fsp3) is 0. The van der Waals surface area contributed by atoms with Crippen molar-refractivity contribution in [3.63, 3.8) is 0 Å². The standard InChI is InChI=1S/C16H12ClNO3S2/c1-2-10-7-8-15(22-10)23(20,21)18-14-9-13(17)16(19)12-6-4-3-5-11(12)14/h2-9,18-19H,1H2. The van der Waals surface area contributed by atoms with E-state index in [4.69, 9.17) is 11.6 Å². The zero-order chi connectivity index (χ0) is 16.6. The Hall–Kier alpha value is -2.02. The van der Waals surface area contributed by atoms with E-state index in [1.54, 1.807) is 36.4 Å². The molecule has 0 fully saturated rings. The first kappa shape index (κ1) is 15.9. The molecule has 4 nitrogen and oxygen atoms in total. The van der Waals surface area contributed by atoms with Gasteiger partial charge in [-0.05, 0) is 18.2 Å². The number of benzene rings is 2. The molecule has 0 unspecified atom stereocenters. The molecule has 7 heteroatoms. The molecule has 1 aromatic heterocycles. The summed E-state index contributed by atoms with van der Waals surface area (Å²) in [6, 6.07) is 11.5. The van der Waals surface area contributed by atoms with Gasteiger partial charge in [-0.1, -0.05) is 48.5 Å². The van der Waals surface area contributed by atoms with Gasteiger partial charge in [0.05, 0.1) is 10.7 Å². The van der Waals surface area contributed by atoms with E-state index in [1.165, 1.54) is 12.1 Å². The van der Waals surface area contributed by atoms with Crippen LogP contribution in [0, 0.1) is 0 Å².